The van der Waals surface area contributed by atoms with Crippen molar-refractivity contribution >= 4 is 11.9 Å². The molecule has 0 aliphatic carbocycles. The minimum atomic E-state index is -1.26. The number of aromatic hydroxyl groups is 1. The van der Waals surface area contributed by atoms with E-state index in [1.807, 2.05) is 24.3 Å². The lowest BCUT2D eigenvalue weighted by atomic mass is 9.85. The molecule has 0 aliphatic rings. The van der Waals surface area contributed by atoms with Gasteiger partial charge in [0.1, 0.15) is 5.75 Å². The van der Waals surface area contributed by atoms with Crippen LogP contribution in [0.1, 0.15) is 56.7 Å². The molecule has 0 radical (unpaired) electrons. The van der Waals surface area contributed by atoms with Crippen molar-refractivity contribution in [3.8, 4) is 5.75 Å². The Morgan fingerprint density at radius 2 is 1.45 bits per heavy atom. The molecule has 2 rings (SSSR count). The van der Waals surface area contributed by atoms with E-state index in [4.69, 9.17) is 10.2 Å². The third-order valence-corrected chi connectivity index (χ3v) is 5.25. The number of aliphatic hydroxyl groups is 1. The van der Waals surface area contributed by atoms with Crippen molar-refractivity contribution in [1.29, 1.82) is 0 Å². The van der Waals surface area contributed by atoms with Crippen LogP contribution in [0, 0.1) is 0 Å². The lowest BCUT2D eigenvalue weighted by Gasteiger charge is -2.32. The highest BCUT2D eigenvalue weighted by Crippen LogP contribution is 2.33. The van der Waals surface area contributed by atoms with Crippen LogP contribution in [0.15, 0.2) is 60.7 Å². The zero-order valence-corrected chi connectivity index (χ0v) is 19.7. The van der Waals surface area contributed by atoms with Gasteiger partial charge in [-0.2, -0.15) is 0 Å². The van der Waals surface area contributed by atoms with Crippen molar-refractivity contribution in [2.24, 2.45) is 0 Å². The fraction of sp³-hybridized carbons (Fsp3) is 0.385. The fourth-order valence-electron chi connectivity index (χ4n) is 3.77. The summed E-state index contributed by atoms with van der Waals surface area (Å²) < 4.78 is 0. The van der Waals surface area contributed by atoms with Crippen LogP contribution in [0.3, 0.4) is 0 Å². The Morgan fingerprint density at radius 1 is 0.909 bits per heavy atom. The maximum Gasteiger partial charge on any atom is 0.328 e. The number of carboxylic acids is 2. The monoisotopic (exact) mass is 457 g/mol. The van der Waals surface area contributed by atoms with Crippen LogP contribution in [0.5, 0.6) is 5.75 Å². The van der Waals surface area contributed by atoms with Gasteiger partial charge in [0, 0.05) is 30.2 Å². The fourth-order valence-corrected chi connectivity index (χ4v) is 3.77. The number of aliphatic carboxylic acids is 2. The van der Waals surface area contributed by atoms with Crippen LogP contribution in [0.4, 0.5) is 0 Å². The summed E-state index contributed by atoms with van der Waals surface area (Å²) in [6.07, 6.45) is 2.06. The molecule has 0 fully saturated rings. The number of hydrogen-bond acceptors (Lipinski definition) is 5. The summed E-state index contributed by atoms with van der Waals surface area (Å²) in [7, 11) is 0. The van der Waals surface area contributed by atoms with Gasteiger partial charge in [-0.25, -0.2) is 9.59 Å². The lowest BCUT2D eigenvalue weighted by Crippen LogP contribution is -2.38. The summed E-state index contributed by atoms with van der Waals surface area (Å²) >= 11 is 0. The number of hydrogen-bond donors (Lipinski definition) is 4. The van der Waals surface area contributed by atoms with E-state index in [0.717, 1.165) is 24.1 Å². The van der Waals surface area contributed by atoms with E-state index < -0.39 is 11.9 Å². The van der Waals surface area contributed by atoms with Gasteiger partial charge in [-0.3, -0.25) is 4.90 Å². The molecule has 1 unspecified atom stereocenters. The maximum absolute atomic E-state index is 9.99. The highest BCUT2D eigenvalue weighted by atomic mass is 16.4. The highest BCUT2D eigenvalue weighted by molar-refractivity contribution is 5.89. The van der Waals surface area contributed by atoms with Crippen LogP contribution < -0.4 is 0 Å². The molecule has 1 atom stereocenters. The molecule has 0 saturated carbocycles. The normalized spacial score (nSPS) is 12.1. The molecule has 2 aromatic rings. The molecule has 2 aromatic carbocycles. The van der Waals surface area contributed by atoms with Crippen molar-refractivity contribution in [1.82, 2.24) is 4.90 Å². The summed E-state index contributed by atoms with van der Waals surface area (Å²) in [6.45, 7) is 9.86. The van der Waals surface area contributed by atoms with Crippen molar-refractivity contribution < 1.29 is 30.0 Å². The SMILES string of the molecule is CC(C)N(CCC(c1ccccc1)c1cc(O)ccc1CO)C(C)C.O=C(O)C=CC(=O)O. The van der Waals surface area contributed by atoms with E-state index in [1.54, 1.807) is 12.1 Å². The lowest BCUT2D eigenvalue weighted by molar-refractivity contribution is -0.134. The Kier molecular flexibility index (Phi) is 11.9. The first-order valence-electron chi connectivity index (χ1n) is 10.9. The van der Waals surface area contributed by atoms with Crippen molar-refractivity contribution in [2.45, 2.75) is 58.7 Å². The maximum atomic E-state index is 9.99. The first-order chi connectivity index (χ1) is 15.6. The first-order valence-corrected chi connectivity index (χ1v) is 10.9. The van der Waals surface area contributed by atoms with Crippen LogP contribution in [-0.4, -0.2) is 55.9 Å². The van der Waals surface area contributed by atoms with Gasteiger partial charge < -0.3 is 20.4 Å². The molecule has 0 spiro atoms. The molecule has 0 heterocycles. The molecule has 4 N–H and O–H groups in total. The standard InChI is InChI=1S/C22H31NO2.C4H4O4/c1-16(2)23(17(3)4)13-12-21(18-8-6-5-7-9-18)22-14-20(25)11-10-19(22)15-24;5-3(6)1-2-4(7)8/h5-11,14,16-17,21,24-25H,12-13,15H2,1-4H3;1-2H,(H,5,6)(H,7,8). The Hall–Kier alpha value is -3.16. The summed E-state index contributed by atoms with van der Waals surface area (Å²) in [4.78, 5) is 21.6. The molecule has 0 aliphatic heterocycles. The van der Waals surface area contributed by atoms with Crippen LogP contribution in [-0.2, 0) is 16.2 Å². The Labute approximate surface area is 195 Å². The molecule has 33 heavy (non-hydrogen) atoms. The molecule has 0 amide bonds. The van der Waals surface area contributed by atoms with Gasteiger partial charge in [-0.1, -0.05) is 36.4 Å². The summed E-state index contributed by atoms with van der Waals surface area (Å²) in [5.74, 6) is -2.12. The molecule has 7 heteroatoms. The van der Waals surface area contributed by atoms with E-state index in [2.05, 4.69) is 44.7 Å². The van der Waals surface area contributed by atoms with E-state index in [9.17, 15) is 19.8 Å². The van der Waals surface area contributed by atoms with Gasteiger partial charge in [0.25, 0.3) is 0 Å². The van der Waals surface area contributed by atoms with Crippen LogP contribution >= 0.6 is 0 Å². The molecule has 0 aromatic heterocycles. The summed E-state index contributed by atoms with van der Waals surface area (Å²) in [5, 5.41) is 35.4. The van der Waals surface area contributed by atoms with Crippen molar-refractivity contribution in [3.05, 3.63) is 77.4 Å². The Bertz CT molecular complexity index is 884. The second kappa shape index (κ2) is 14.1. The number of phenols is 1. The van der Waals surface area contributed by atoms with Crippen LogP contribution in [0.25, 0.3) is 0 Å². The second-order valence-corrected chi connectivity index (χ2v) is 8.23. The number of carboxylic acid groups (broad SMARTS) is 2. The third-order valence-electron chi connectivity index (χ3n) is 5.25. The van der Waals surface area contributed by atoms with Gasteiger partial charge in [-0.15, -0.1) is 0 Å². The van der Waals surface area contributed by atoms with E-state index in [1.165, 1.54) is 5.56 Å². The molecular weight excluding hydrogens is 422 g/mol. The molecule has 180 valence electrons. The third kappa shape index (κ3) is 9.89. The molecule has 7 nitrogen and oxygen atoms in total. The van der Waals surface area contributed by atoms with E-state index >= 15 is 0 Å². The van der Waals surface area contributed by atoms with Gasteiger partial charge in [0.2, 0.25) is 0 Å². The van der Waals surface area contributed by atoms with Gasteiger partial charge in [0.15, 0.2) is 0 Å². The summed E-state index contributed by atoms with van der Waals surface area (Å²) in [5.41, 5.74) is 3.11. The minimum Gasteiger partial charge on any atom is -0.508 e. The smallest absolute Gasteiger partial charge is 0.328 e. The van der Waals surface area contributed by atoms with Crippen molar-refractivity contribution in [3.63, 3.8) is 0 Å². The number of carbonyl (C=O) groups is 2. The zero-order chi connectivity index (χ0) is 25.0. The number of nitrogens with zero attached hydrogens (tertiary/aromatic N) is 1. The molecular formula is C26H35NO6. The Morgan fingerprint density at radius 3 is 1.91 bits per heavy atom. The second-order valence-electron chi connectivity index (χ2n) is 8.23. The quantitative estimate of drug-likeness (QED) is 0.394. The number of phenolic OH excluding ortho intramolecular Hbond substituents is 1. The number of aliphatic hydroxyl groups excluding tert-OH is 1. The van der Waals surface area contributed by atoms with Gasteiger partial charge in [-0.05, 0) is 69.5 Å². The van der Waals surface area contributed by atoms with Crippen molar-refractivity contribution in [2.75, 3.05) is 6.54 Å². The largest absolute Gasteiger partial charge is 0.508 e. The predicted molar refractivity (Wildman–Crippen MR) is 128 cm³/mol. The first kappa shape index (κ1) is 27.9. The number of rotatable bonds is 10. The van der Waals surface area contributed by atoms with Gasteiger partial charge in [0.05, 0.1) is 6.61 Å². The zero-order valence-electron chi connectivity index (χ0n) is 19.7. The average molecular weight is 458 g/mol. The highest BCUT2D eigenvalue weighted by Gasteiger charge is 2.21. The molecule has 0 bridgehead atoms. The average Bonchev–Trinajstić information content (AvgIpc) is 2.76. The van der Waals surface area contributed by atoms with Crippen LogP contribution in [0.2, 0.25) is 0 Å². The number of benzene rings is 2. The Balaban J connectivity index is 0.000000582. The summed E-state index contributed by atoms with van der Waals surface area (Å²) in [6, 6.07) is 16.6. The molecule has 0 saturated heterocycles. The van der Waals surface area contributed by atoms with Gasteiger partial charge >= 0.3 is 11.9 Å². The topological polar surface area (TPSA) is 118 Å². The van der Waals surface area contributed by atoms with E-state index in [-0.39, 0.29) is 18.3 Å². The predicted octanol–water partition coefficient (Wildman–Crippen LogP) is 4.24. The minimum absolute atomic E-state index is 0.0168. The van der Waals surface area contributed by atoms with E-state index in [0.29, 0.717) is 24.2 Å².